The van der Waals surface area contributed by atoms with Gasteiger partial charge in [0.25, 0.3) is 0 Å². The third-order valence-electron chi connectivity index (χ3n) is 10.1. The van der Waals surface area contributed by atoms with Crippen LogP contribution in [0.25, 0.3) is 70.7 Å². The average molecular weight is 657 g/mol. The molecular weight excluding hydrogens is 625 g/mol. The highest BCUT2D eigenvalue weighted by Crippen LogP contribution is 2.47. The first-order valence-corrected chi connectivity index (χ1v) is 18.0. The zero-order valence-electron chi connectivity index (χ0n) is 27.3. The molecule has 0 radical (unpaired) electrons. The number of anilines is 4. The molecule has 0 amide bonds. The summed E-state index contributed by atoms with van der Waals surface area (Å²) in [7, 11) is 0. The largest absolute Gasteiger partial charge is 0.373 e. The molecule has 9 aromatic rings. The maximum atomic E-state index is 3.60. The van der Waals surface area contributed by atoms with Crippen molar-refractivity contribution in [1.82, 2.24) is 0 Å². The lowest BCUT2D eigenvalue weighted by Gasteiger charge is -2.26. The van der Waals surface area contributed by atoms with Gasteiger partial charge in [-0.1, -0.05) is 140 Å². The molecule has 1 aromatic heterocycles. The zero-order valence-corrected chi connectivity index (χ0v) is 28.1. The fourth-order valence-corrected chi connectivity index (χ4v) is 8.88. The summed E-state index contributed by atoms with van der Waals surface area (Å²) in [5.74, 6) is 0. The van der Waals surface area contributed by atoms with E-state index in [-0.39, 0.29) is 0 Å². The Morgan fingerprint density at radius 2 is 1.14 bits per heavy atom. The fourth-order valence-electron chi connectivity index (χ4n) is 7.68. The summed E-state index contributed by atoms with van der Waals surface area (Å²) >= 11 is 1.84. The minimum absolute atomic E-state index is 0.862. The van der Waals surface area contributed by atoms with E-state index in [2.05, 4.69) is 186 Å². The summed E-state index contributed by atoms with van der Waals surface area (Å²) in [4.78, 5) is 2.42. The SMILES string of the molecule is C1=Cc2c(sc3c(N(c4ccc(-c5ccccc5)cc4)c4ccc(-c5cc6ccccc6c6c5ccc5ccccc56)cc4)cccc23)NC1. The van der Waals surface area contributed by atoms with E-state index in [0.717, 1.165) is 17.9 Å². The van der Waals surface area contributed by atoms with E-state index in [9.17, 15) is 0 Å². The number of thiophene rings is 1. The summed E-state index contributed by atoms with van der Waals surface area (Å²) in [5.41, 5.74) is 9.60. The van der Waals surface area contributed by atoms with Crippen molar-refractivity contribution in [3.63, 3.8) is 0 Å². The smallest absolute Gasteiger partial charge is 0.0971 e. The molecule has 0 bridgehead atoms. The predicted molar refractivity (Wildman–Crippen MR) is 217 cm³/mol. The normalized spacial score (nSPS) is 12.4. The maximum absolute atomic E-state index is 3.60. The van der Waals surface area contributed by atoms with Crippen LogP contribution in [0.3, 0.4) is 0 Å². The molecule has 1 aliphatic rings. The minimum atomic E-state index is 0.862. The molecule has 0 aliphatic carbocycles. The molecule has 1 N–H and O–H groups in total. The Labute approximate surface area is 295 Å². The van der Waals surface area contributed by atoms with Crippen molar-refractivity contribution in [1.29, 1.82) is 0 Å². The Balaban J connectivity index is 1.14. The number of nitrogens with zero attached hydrogens (tertiary/aromatic N) is 1. The van der Waals surface area contributed by atoms with Crippen molar-refractivity contribution in [2.45, 2.75) is 0 Å². The van der Waals surface area contributed by atoms with Crippen LogP contribution in [-0.4, -0.2) is 6.54 Å². The first-order valence-electron chi connectivity index (χ1n) is 17.2. The minimum Gasteiger partial charge on any atom is -0.373 e. The van der Waals surface area contributed by atoms with E-state index in [1.807, 2.05) is 11.3 Å². The maximum Gasteiger partial charge on any atom is 0.0971 e. The third kappa shape index (κ3) is 4.70. The zero-order chi connectivity index (χ0) is 33.0. The summed E-state index contributed by atoms with van der Waals surface area (Å²) < 4.78 is 1.28. The van der Waals surface area contributed by atoms with Crippen LogP contribution in [0.1, 0.15) is 5.56 Å². The van der Waals surface area contributed by atoms with E-state index in [1.54, 1.807) is 0 Å². The monoisotopic (exact) mass is 656 g/mol. The summed E-state index contributed by atoms with van der Waals surface area (Å²) in [6, 6.07) is 59.9. The van der Waals surface area contributed by atoms with E-state index >= 15 is 0 Å². The van der Waals surface area contributed by atoms with E-state index in [0.29, 0.717) is 0 Å². The molecule has 50 heavy (non-hydrogen) atoms. The lowest BCUT2D eigenvalue weighted by Crippen LogP contribution is -2.10. The molecular formula is C47H32N2S. The van der Waals surface area contributed by atoms with Gasteiger partial charge in [-0.2, -0.15) is 0 Å². The second kappa shape index (κ2) is 11.8. The van der Waals surface area contributed by atoms with Gasteiger partial charge in [0.05, 0.1) is 15.4 Å². The van der Waals surface area contributed by atoms with E-state index in [4.69, 9.17) is 0 Å². The van der Waals surface area contributed by atoms with Gasteiger partial charge < -0.3 is 10.2 Å². The van der Waals surface area contributed by atoms with E-state index in [1.165, 1.54) is 80.9 Å². The van der Waals surface area contributed by atoms with Gasteiger partial charge in [-0.05, 0) is 91.0 Å². The van der Waals surface area contributed by atoms with Crippen LogP contribution in [0, 0.1) is 0 Å². The Morgan fingerprint density at radius 3 is 1.92 bits per heavy atom. The molecule has 1 aliphatic heterocycles. The Bertz CT molecular complexity index is 2720. The Hall–Kier alpha value is -6.16. The molecule has 0 fully saturated rings. The number of hydrogen-bond donors (Lipinski definition) is 1. The molecule has 0 saturated carbocycles. The average Bonchev–Trinajstić information content (AvgIpc) is 3.58. The molecule has 0 atom stereocenters. The van der Waals surface area contributed by atoms with Gasteiger partial charge in [0, 0.05) is 28.9 Å². The summed E-state index contributed by atoms with van der Waals surface area (Å²) in [6.07, 6.45) is 4.47. The van der Waals surface area contributed by atoms with Crippen LogP contribution < -0.4 is 10.2 Å². The van der Waals surface area contributed by atoms with Crippen molar-refractivity contribution in [3.05, 3.63) is 175 Å². The number of rotatable bonds is 5. The number of nitrogens with one attached hydrogen (secondary N) is 1. The van der Waals surface area contributed by atoms with Crippen molar-refractivity contribution in [2.24, 2.45) is 0 Å². The second-order valence-corrected chi connectivity index (χ2v) is 14.0. The molecule has 236 valence electrons. The van der Waals surface area contributed by atoms with Crippen LogP contribution in [0.4, 0.5) is 22.1 Å². The van der Waals surface area contributed by atoms with Gasteiger partial charge in [-0.15, -0.1) is 11.3 Å². The van der Waals surface area contributed by atoms with Gasteiger partial charge in [0.2, 0.25) is 0 Å². The summed E-state index contributed by atoms with van der Waals surface area (Å²) in [6.45, 7) is 0.862. The standard InChI is InChI=1S/C47H32N2S/c1-2-10-31(11-3-1)32-19-24-36(25-20-32)49(44-18-8-16-41-42-17-9-29-48-47(42)50-46(41)44)37-26-21-34(22-27-37)43-30-35-13-5-7-15-39(35)45-38-14-6-4-12-33(38)23-28-40(43)45/h1-28,30,48H,29H2. The first-order chi connectivity index (χ1) is 24.8. The van der Waals surface area contributed by atoms with Crippen molar-refractivity contribution in [2.75, 3.05) is 16.8 Å². The highest BCUT2D eigenvalue weighted by Gasteiger charge is 2.21. The number of hydrogen-bond acceptors (Lipinski definition) is 3. The highest BCUT2D eigenvalue weighted by atomic mass is 32.1. The number of benzene rings is 8. The molecule has 0 saturated heterocycles. The highest BCUT2D eigenvalue weighted by molar-refractivity contribution is 7.23. The lowest BCUT2D eigenvalue weighted by atomic mass is 9.90. The van der Waals surface area contributed by atoms with Crippen LogP contribution >= 0.6 is 11.3 Å². The number of fused-ring (bicyclic) bond motifs is 8. The van der Waals surface area contributed by atoms with Crippen LogP contribution in [-0.2, 0) is 0 Å². The molecule has 8 aromatic carbocycles. The third-order valence-corrected chi connectivity index (χ3v) is 11.3. The molecule has 3 heteroatoms. The fraction of sp³-hybridized carbons (Fsp3) is 0.0213. The Morgan fingerprint density at radius 1 is 0.500 bits per heavy atom. The van der Waals surface area contributed by atoms with E-state index < -0.39 is 0 Å². The van der Waals surface area contributed by atoms with Crippen LogP contribution in [0.2, 0.25) is 0 Å². The molecule has 10 rings (SSSR count). The molecule has 0 spiro atoms. The van der Waals surface area contributed by atoms with Crippen molar-refractivity contribution < 1.29 is 0 Å². The van der Waals surface area contributed by atoms with Gasteiger partial charge in [-0.3, -0.25) is 0 Å². The topological polar surface area (TPSA) is 15.3 Å². The molecule has 0 unspecified atom stereocenters. The molecule has 2 heterocycles. The first kappa shape index (κ1) is 28.8. The molecule has 2 nitrogen and oxygen atoms in total. The lowest BCUT2D eigenvalue weighted by molar-refractivity contribution is 1.30. The van der Waals surface area contributed by atoms with Crippen LogP contribution in [0.15, 0.2) is 170 Å². The van der Waals surface area contributed by atoms with Gasteiger partial charge >= 0.3 is 0 Å². The van der Waals surface area contributed by atoms with Crippen molar-refractivity contribution >= 4 is 81.9 Å². The Kier molecular flexibility index (Phi) is 6.78. The van der Waals surface area contributed by atoms with Crippen molar-refractivity contribution in [3.8, 4) is 22.3 Å². The van der Waals surface area contributed by atoms with Gasteiger partial charge in [0.1, 0.15) is 0 Å². The van der Waals surface area contributed by atoms with Gasteiger partial charge in [0.15, 0.2) is 0 Å². The predicted octanol–water partition coefficient (Wildman–Crippen LogP) is 13.6. The second-order valence-electron chi connectivity index (χ2n) is 12.9. The van der Waals surface area contributed by atoms with Crippen LogP contribution in [0.5, 0.6) is 0 Å². The summed E-state index contributed by atoms with van der Waals surface area (Å²) in [5, 5.41) is 13.8. The quantitative estimate of drug-likeness (QED) is 0.186. The van der Waals surface area contributed by atoms with Gasteiger partial charge in [-0.25, -0.2) is 0 Å².